The molecule has 4 rings (SSSR count). The maximum atomic E-state index is 12.4. The van der Waals surface area contributed by atoms with Gasteiger partial charge in [-0.2, -0.15) is 0 Å². The Bertz CT molecular complexity index is 920. The number of amides is 1. The van der Waals surface area contributed by atoms with Crippen molar-refractivity contribution in [2.24, 2.45) is 0 Å². The molecule has 0 aliphatic carbocycles. The lowest BCUT2D eigenvalue weighted by molar-refractivity contribution is 0.0928. The third-order valence-electron chi connectivity index (χ3n) is 4.17. The molecule has 0 bridgehead atoms. The molecule has 0 saturated heterocycles. The second-order valence-electron chi connectivity index (χ2n) is 6.14. The highest BCUT2D eigenvalue weighted by molar-refractivity contribution is 5.94. The number of benzene rings is 2. The lowest BCUT2D eigenvalue weighted by Gasteiger charge is -2.08. The molecule has 0 radical (unpaired) electrons. The Morgan fingerprint density at radius 3 is 2.74 bits per heavy atom. The van der Waals surface area contributed by atoms with Gasteiger partial charge in [0.05, 0.1) is 12.9 Å². The molecule has 2 aromatic carbocycles. The van der Waals surface area contributed by atoms with Crippen LogP contribution < -0.4 is 14.8 Å². The van der Waals surface area contributed by atoms with Gasteiger partial charge in [-0.15, -0.1) is 0 Å². The molecular weight excluding hydrogens is 346 g/mol. The summed E-state index contributed by atoms with van der Waals surface area (Å²) in [7, 11) is 0. The van der Waals surface area contributed by atoms with Crippen LogP contribution in [0.25, 0.3) is 0 Å². The summed E-state index contributed by atoms with van der Waals surface area (Å²) in [5.74, 6) is 1.89. The molecule has 6 heteroatoms. The van der Waals surface area contributed by atoms with Crippen LogP contribution in [-0.4, -0.2) is 12.7 Å². The molecule has 6 nitrogen and oxygen atoms in total. The van der Waals surface area contributed by atoms with Crippen LogP contribution in [0.1, 0.15) is 27.2 Å². The number of hydrogen-bond acceptors (Lipinski definition) is 5. The molecule has 27 heavy (non-hydrogen) atoms. The number of rotatable bonds is 7. The van der Waals surface area contributed by atoms with Crippen LogP contribution in [0.2, 0.25) is 0 Å². The molecule has 1 aliphatic heterocycles. The number of carbonyl (C=O) groups is 1. The van der Waals surface area contributed by atoms with Gasteiger partial charge >= 0.3 is 0 Å². The Hall–Kier alpha value is -3.25. The highest BCUT2D eigenvalue weighted by Gasteiger charge is 2.16. The summed E-state index contributed by atoms with van der Waals surface area (Å²) in [4.78, 5) is 12.4. The van der Waals surface area contributed by atoms with E-state index in [4.69, 9.17) is 18.6 Å². The van der Waals surface area contributed by atoms with Gasteiger partial charge in [-0.05, 0) is 41.5 Å². The summed E-state index contributed by atoms with van der Waals surface area (Å²) in [5.41, 5.74) is 2.58. The van der Waals surface area contributed by atoms with Crippen LogP contribution >= 0.6 is 0 Å². The van der Waals surface area contributed by atoms with Crippen LogP contribution in [0.3, 0.4) is 0 Å². The zero-order chi connectivity index (χ0) is 18.5. The van der Waals surface area contributed by atoms with Gasteiger partial charge in [-0.3, -0.25) is 4.79 Å². The van der Waals surface area contributed by atoms with E-state index in [2.05, 4.69) is 5.32 Å². The Balaban J connectivity index is 1.30. The van der Waals surface area contributed by atoms with Crippen molar-refractivity contribution in [3.8, 4) is 11.5 Å². The van der Waals surface area contributed by atoms with Gasteiger partial charge in [0.15, 0.2) is 11.5 Å². The topological polar surface area (TPSA) is 69.9 Å². The zero-order valence-electron chi connectivity index (χ0n) is 14.6. The SMILES string of the molecule is O=C(NCc1cccc(COCc2ccco2)c1)c1ccc2c(c1)OCO2. The minimum absolute atomic E-state index is 0.159. The number of fused-ring (bicyclic) bond motifs is 1. The van der Waals surface area contributed by atoms with E-state index in [1.165, 1.54) is 0 Å². The first-order valence-electron chi connectivity index (χ1n) is 8.64. The van der Waals surface area contributed by atoms with E-state index in [-0.39, 0.29) is 12.7 Å². The first-order chi connectivity index (χ1) is 13.3. The summed E-state index contributed by atoms with van der Waals surface area (Å²) < 4.78 is 21.5. The molecule has 0 atom stereocenters. The predicted octanol–water partition coefficient (Wildman–Crippen LogP) is 3.66. The molecule has 1 aliphatic rings. The Morgan fingerprint density at radius 1 is 0.963 bits per heavy atom. The van der Waals surface area contributed by atoms with Crippen LogP contribution in [0.4, 0.5) is 0 Å². The van der Waals surface area contributed by atoms with Gasteiger partial charge in [-0.1, -0.05) is 24.3 Å². The molecule has 138 valence electrons. The molecule has 0 saturated carbocycles. The summed E-state index contributed by atoms with van der Waals surface area (Å²) in [6.45, 7) is 1.53. The average molecular weight is 365 g/mol. The van der Waals surface area contributed by atoms with E-state index in [9.17, 15) is 4.79 Å². The maximum Gasteiger partial charge on any atom is 0.251 e. The van der Waals surface area contributed by atoms with Gasteiger partial charge in [-0.25, -0.2) is 0 Å². The molecule has 1 aromatic heterocycles. The van der Waals surface area contributed by atoms with Crippen molar-refractivity contribution < 1.29 is 23.4 Å². The smallest absolute Gasteiger partial charge is 0.251 e. The van der Waals surface area contributed by atoms with E-state index < -0.39 is 0 Å². The van der Waals surface area contributed by atoms with E-state index in [0.29, 0.717) is 36.8 Å². The first-order valence-corrected chi connectivity index (χ1v) is 8.64. The maximum absolute atomic E-state index is 12.4. The van der Waals surface area contributed by atoms with Crippen molar-refractivity contribution >= 4 is 5.91 Å². The fourth-order valence-electron chi connectivity index (χ4n) is 2.82. The van der Waals surface area contributed by atoms with Crippen LogP contribution in [-0.2, 0) is 24.5 Å². The van der Waals surface area contributed by atoms with E-state index in [1.807, 2.05) is 36.4 Å². The van der Waals surface area contributed by atoms with Gasteiger partial charge in [0, 0.05) is 12.1 Å². The zero-order valence-corrected chi connectivity index (χ0v) is 14.6. The van der Waals surface area contributed by atoms with E-state index in [0.717, 1.165) is 16.9 Å². The van der Waals surface area contributed by atoms with Crippen molar-refractivity contribution in [2.75, 3.05) is 6.79 Å². The highest BCUT2D eigenvalue weighted by atomic mass is 16.7. The second-order valence-corrected chi connectivity index (χ2v) is 6.14. The number of nitrogens with one attached hydrogen (secondary N) is 1. The molecule has 1 amide bonds. The highest BCUT2D eigenvalue weighted by Crippen LogP contribution is 2.32. The van der Waals surface area contributed by atoms with Crippen molar-refractivity contribution in [2.45, 2.75) is 19.8 Å². The fraction of sp³-hybridized carbons (Fsp3) is 0.190. The quantitative estimate of drug-likeness (QED) is 0.692. The number of carbonyl (C=O) groups excluding carboxylic acids is 1. The summed E-state index contributed by atoms with van der Waals surface area (Å²) >= 11 is 0. The lowest BCUT2D eigenvalue weighted by atomic mass is 10.1. The van der Waals surface area contributed by atoms with Crippen molar-refractivity contribution in [1.82, 2.24) is 5.32 Å². The fourth-order valence-corrected chi connectivity index (χ4v) is 2.82. The predicted molar refractivity (Wildman–Crippen MR) is 97.4 cm³/mol. The van der Waals surface area contributed by atoms with Crippen LogP contribution in [0, 0.1) is 0 Å². The average Bonchev–Trinajstić information content (AvgIpc) is 3.37. The lowest BCUT2D eigenvalue weighted by Crippen LogP contribution is -2.22. The van der Waals surface area contributed by atoms with Crippen molar-refractivity contribution in [1.29, 1.82) is 0 Å². The number of ether oxygens (including phenoxy) is 3. The molecule has 0 fully saturated rings. The Kier molecular flexibility index (Phi) is 5.07. The summed E-state index contributed by atoms with van der Waals surface area (Å²) in [6, 6.07) is 16.8. The molecule has 0 unspecified atom stereocenters. The standard InChI is InChI=1S/C21H19NO5/c23-21(17-6-7-19-20(10-17)27-14-26-19)22-11-15-3-1-4-16(9-15)12-24-13-18-5-2-8-25-18/h1-10H,11-14H2,(H,22,23). The molecular formula is C21H19NO5. The Labute approximate surface area is 156 Å². The number of hydrogen-bond donors (Lipinski definition) is 1. The van der Waals surface area contributed by atoms with Gasteiger partial charge in [0.1, 0.15) is 12.4 Å². The first kappa shape index (κ1) is 17.2. The molecule has 3 aromatic rings. The minimum atomic E-state index is -0.159. The van der Waals surface area contributed by atoms with E-state index in [1.54, 1.807) is 24.5 Å². The van der Waals surface area contributed by atoms with Gasteiger partial charge < -0.3 is 23.9 Å². The third-order valence-corrected chi connectivity index (χ3v) is 4.17. The molecule has 0 spiro atoms. The van der Waals surface area contributed by atoms with Crippen LogP contribution in [0.5, 0.6) is 11.5 Å². The summed E-state index contributed by atoms with van der Waals surface area (Å²) in [5, 5.41) is 2.92. The molecule has 2 heterocycles. The van der Waals surface area contributed by atoms with E-state index >= 15 is 0 Å². The number of furan rings is 1. The van der Waals surface area contributed by atoms with Crippen molar-refractivity contribution in [3.63, 3.8) is 0 Å². The van der Waals surface area contributed by atoms with Crippen molar-refractivity contribution in [3.05, 3.63) is 83.3 Å². The van der Waals surface area contributed by atoms with Gasteiger partial charge in [0.2, 0.25) is 6.79 Å². The Morgan fingerprint density at radius 2 is 1.85 bits per heavy atom. The largest absolute Gasteiger partial charge is 0.467 e. The molecule has 1 N–H and O–H groups in total. The minimum Gasteiger partial charge on any atom is -0.467 e. The summed E-state index contributed by atoms with van der Waals surface area (Å²) in [6.07, 6.45) is 1.63. The van der Waals surface area contributed by atoms with Crippen LogP contribution in [0.15, 0.2) is 65.3 Å². The normalized spacial score (nSPS) is 12.1. The van der Waals surface area contributed by atoms with Gasteiger partial charge in [0.25, 0.3) is 5.91 Å². The third kappa shape index (κ3) is 4.30. The second kappa shape index (κ2) is 7.97. The monoisotopic (exact) mass is 365 g/mol.